The number of nitrogens with two attached hydrogens (primary N) is 1. The minimum Gasteiger partial charge on any atom is -0.497 e. The number of methoxy groups -OCH3 is 2. The minimum atomic E-state index is -4.39. The van der Waals surface area contributed by atoms with Crippen molar-refractivity contribution in [3.8, 4) is 23.0 Å². The Labute approximate surface area is 226 Å². The van der Waals surface area contributed by atoms with Crippen LogP contribution >= 0.6 is 7.82 Å². The molecule has 16 heteroatoms. The van der Waals surface area contributed by atoms with E-state index in [0.29, 0.717) is 11.5 Å². The van der Waals surface area contributed by atoms with Crippen LogP contribution in [0.3, 0.4) is 0 Å². The monoisotopic (exact) mass is 575 g/mol. The second kappa shape index (κ2) is 11.2. The Hall–Kier alpha value is -4.14. The molecule has 1 saturated heterocycles. The molecular weight excluding hydrogens is 549 g/mol. The lowest BCUT2D eigenvalue weighted by Gasteiger charge is -2.22. The fourth-order valence-corrected chi connectivity index (χ4v) is 5.23. The van der Waals surface area contributed by atoms with Crippen molar-refractivity contribution in [1.82, 2.24) is 19.5 Å². The van der Waals surface area contributed by atoms with Crippen molar-refractivity contribution in [3.63, 3.8) is 0 Å². The van der Waals surface area contributed by atoms with Crippen molar-refractivity contribution in [2.45, 2.75) is 24.5 Å². The zero-order valence-corrected chi connectivity index (χ0v) is 22.1. The van der Waals surface area contributed by atoms with Crippen LogP contribution in [0.25, 0.3) is 11.2 Å². The van der Waals surface area contributed by atoms with Gasteiger partial charge in [-0.15, -0.1) is 0 Å². The molecule has 2 aromatic carbocycles. The number of aromatic amines is 1. The molecule has 0 aliphatic carbocycles. The Morgan fingerprint density at radius 3 is 2.08 bits per heavy atom. The number of imidazole rings is 1. The number of fused-ring (bicyclic) bond motifs is 1. The van der Waals surface area contributed by atoms with E-state index in [1.165, 1.54) is 49.4 Å². The Bertz CT molecular complexity index is 1520. The van der Waals surface area contributed by atoms with Gasteiger partial charge in [-0.1, -0.05) is 0 Å². The van der Waals surface area contributed by atoms with E-state index in [9.17, 15) is 19.6 Å². The van der Waals surface area contributed by atoms with Crippen LogP contribution in [0, 0.1) is 0 Å². The number of nitrogen functional groups attached to an aromatic ring is 1. The van der Waals surface area contributed by atoms with Crippen LogP contribution in [0.15, 0.2) is 59.7 Å². The van der Waals surface area contributed by atoms with Crippen LogP contribution in [0.4, 0.5) is 5.95 Å². The average molecular weight is 575 g/mol. The summed E-state index contributed by atoms with van der Waals surface area (Å²) >= 11 is 0. The van der Waals surface area contributed by atoms with Crippen molar-refractivity contribution >= 4 is 24.9 Å². The highest BCUT2D eigenvalue weighted by atomic mass is 31.2. The van der Waals surface area contributed by atoms with E-state index in [0.717, 1.165) is 0 Å². The average Bonchev–Trinajstić information content (AvgIpc) is 3.49. The second-order valence-corrected chi connectivity index (χ2v) is 10.1. The summed E-state index contributed by atoms with van der Waals surface area (Å²) in [6.45, 7) is -0.513. The van der Waals surface area contributed by atoms with Crippen LogP contribution in [0.1, 0.15) is 6.23 Å². The van der Waals surface area contributed by atoms with Crippen molar-refractivity contribution in [1.29, 1.82) is 0 Å². The molecule has 0 amide bonds. The highest BCUT2D eigenvalue weighted by Crippen LogP contribution is 2.50. The van der Waals surface area contributed by atoms with E-state index in [2.05, 4.69) is 15.0 Å². The van der Waals surface area contributed by atoms with Gasteiger partial charge in [0.05, 0.1) is 27.2 Å². The van der Waals surface area contributed by atoms with Crippen LogP contribution in [0.5, 0.6) is 23.0 Å². The molecule has 212 valence electrons. The number of phosphoric acid groups is 1. The fourth-order valence-electron chi connectivity index (χ4n) is 3.99. The van der Waals surface area contributed by atoms with Gasteiger partial charge in [-0.3, -0.25) is 18.9 Å². The highest BCUT2D eigenvalue weighted by Gasteiger charge is 2.46. The zero-order chi connectivity index (χ0) is 28.4. The molecule has 0 bridgehead atoms. The maximum atomic E-state index is 13.8. The molecule has 0 saturated carbocycles. The Balaban J connectivity index is 1.36. The molecule has 0 radical (unpaired) electrons. The van der Waals surface area contributed by atoms with Crippen molar-refractivity contribution in [2.75, 3.05) is 26.6 Å². The predicted molar refractivity (Wildman–Crippen MR) is 139 cm³/mol. The molecule has 5 rings (SSSR count). The van der Waals surface area contributed by atoms with Crippen molar-refractivity contribution in [2.24, 2.45) is 0 Å². The first-order valence-electron chi connectivity index (χ1n) is 11.9. The largest absolute Gasteiger partial charge is 0.587 e. The number of aliphatic hydroxyl groups excluding tert-OH is 2. The molecule has 3 heterocycles. The standard InChI is InChI=1S/C24H26N5O10P/c1-34-13-3-7-15(8-4-13)38-40(33,39-16-9-5-14(35-2)6-10-16)36-11-17-19(30)20(31)23(37-17)29-12-26-18-21(29)27-24(25)28-22(18)32/h3-10,12,17,19-20,23,30-31H,11H2,1-2H3,(H3,25,27,28,32)/t17-,19-,20-,23-/m1/s1. The molecular formula is C24H26N5O10P. The summed E-state index contributed by atoms with van der Waals surface area (Å²) in [5.74, 6) is 1.24. The first kappa shape index (κ1) is 27.4. The molecule has 4 atom stereocenters. The van der Waals surface area contributed by atoms with Crippen molar-refractivity contribution < 1.29 is 42.6 Å². The number of hydrogen-bond acceptors (Lipinski definition) is 13. The number of phosphoric ester groups is 1. The van der Waals surface area contributed by atoms with Gasteiger partial charge in [-0.2, -0.15) is 4.98 Å². The lowest BCUT2D eigenvalue weighted by Crippen LogP contribution is -2.34. The summed E-state index contributed by atoms with van der Waals surface area (Å²) in [4.78, 5) is 22.5. The third kappa shape index (κ3) is 5.59. The minimum absolute atomic E-state index is 0.0374. The first-order valence-corrected chi connectivity index (χ1v) is 13.3. The molecule has 15 nitrogen and oxygen atoms in total. The summed E-state index contributed by atoms with van der Waals surface area (Å²) in [5.41, 5.74) is 5.06. The molecule has 40 heavy (non-hydrogen) atoms. The Kier molecular flexibility index (Phi) is 7.65. The van der Waals surface area contributed by atoms with E-state index in [1.54, 1.807) is 24.3 Å². The van der Waals surface area contributed by atoms with Crippen LogP contribution in [-0.4, -0.2) is 68.9 Å². The van der Waals surface area contributed by atoms with Gasteiger partial charge in [0.2, 0.25) is 5.95 Å². The van der Waals surface area contributed by atoms with Gasteiger partial charge in [0.15, 0.2) is 17.4 Å². The lowest BCUT2D eigenvalue weighted by molar-refractivity contribution is -0.0498. The summed E-state index contributed by atoms with van der Waals surface area (Å²) < 4.78 is 47.9. The molecule has 4 aromatic rings. The number of nitrogens with one attached hydrogen (secondary N) is 1. The first-order chi connectivity index (χ1) is 19.2. The van der Waals surface area contributed by atoms with Gasteiger partial charge in [0.25, 0.3) is 5.56 Å². The number of aliphatic hydroxyl groups is 2. The van der Waals surface area contributed by atoms with Crippen LogP contribution in [-0.2, 0) is 13.8 Å². The van der Waals surface area contributed by atoms with Gasteiger partial charge in [0, 0.05) is 0 Å². The van der Waals surface area contributed by atoms with Gasteiger partial charge < -0.3 is 39.2 Å². The molecule has 1 aliphatic rings. The number of aromatic nitrogens is 4. The van der Waals surface area contributed by atoms with Gasteiger partial charge in [-0.05, 0) is 48.5 Å². The molecule has 1 fully saturated rings. The molecule has 2 aromatic heterocycles. The number of ether oxygens (including phenoxy) is 3. The zero-order valence-electron chi connectivity index (χ0n) is 21.2. The summed E-state index contributed by atoms with van der Waals surface area (Å²) in [5, 5.41) is 21.4. The third-order valence-electron chi connectivity index (χ3n) is 6.01. The van der Waals surface area contributed by atoms with Gasteiger partial charge in [0.1, 0.15) is 41.3 Å². The quantitative estimate of drug-likeness (QED) is 0.199. The summed E-state index contributed by atoms with van der Waals surface area (Å²) in [6, 6.07) is 12.4. The van der Waals surface area contributed by atoms with Crippen molar-refractivity contribution in [3.05, 3.63) is 65.2 Å². The predicted octanol–water partition coefficient (Wildman–Crippen LogP) is 1.62. The van der Waals surface area contributed by atoms with E-state index in [-0.39, 0.29) is 28.6 Å². The van der Waals surface area contributed by atoms with Crippen LogP contribution in [0.2, 0.25) is 0 Å². The fraction of sp³-hybridized carbons (Fsp3) is 0.292. The maximum absolute atomic E-state index is 13.8. The Morgan fingerprint density at radius 2 is 1.52 bits per heavy atom. The second-order valence-electron chi connectivity index (χ2n) is 8.60. The molecule has 0 unspecified atom stereocenters. The van der Waals surface area contributed by atoms with E-state index in [1.807, 2.05) is 0 Å². The normalized spacial score (nSPS) is 20.9. The number of hydrogen-bond donors (Lipinski definition) is 4. The molecule has 5 N–H and O–H groups in total. The van der Waals surface area contributed by atoms with E-state index >= 15 is 0 Å². The van der Waals surface area contributed by atoms with Crippen LogP contribution < -0.4 is 29.8 Å². The molecule has 1 aliphatic heterocycles. The maximum Gasteiger partial charge on any atom is 0.587 e. The number of anilines is 1. The highest BCUT2D eigenvalue weighted by molar-refractivity contribution is 7.49. The summed E-state index contributed by atoms with van der Waals surface area (Å²) in [7, 11) is -1.39. The Morgan fingerprint density at radius 1 is 0.975 bits per heavy atom. The molecule has 0 spiro atoms. The summed E-state index contributed by atoms with van der Waals surface area (Å²) in [6.07, 6.45) is -4.16. The van der Waals surface area contributed by atoms with Gasteiger partial charge >= 0.3 is 7.82 Å². The SMILES string of the molecule is COc1ccc(OP(=O)(OC[C@H]2O[C@@H](n3cnc4c(=O)[nH]c(N)nc43)[C@H](O)[C@@H]2O)Oc2ccc(OC)cc2)cc1. The van der Waals surface area contributed by atoms with E-state index in [4.69, 9.17) is 33.5 Å². The van der Waals surface area contributed by atoms with E-state index < -0.39 is 44.5 Å². The number of benzene rings is 2. The topological polar surface area (TPSA) is 202 Å². The number of H-pyrrole nitrogens is 1. The number of rotatable bonds is 10. The number of nitrogens with zero attached hydrogens (tertiary/aromatic N) is 3. The van der Waals surface area contributed by atoms with Gasteiger partial charge in [-0.25, -0.2) is 9.55 Å². The lowest BCUT2D eigenvalue weighted by atomic mass is 10.1. The third-order valence-corrected chi connectivity index (χ3v) is 7.35. The smallest absolute Gasteiger partial charge is 0.497 e.